The number of hydrogen-bond acceptors (Lipinski definition) is 4. The zero-order valence-corrected chi connectivity index (χ0v) is 7.87. The van der Waals surface area contributed by atoms with Crippen LogP contribution >= 0.6 is 0 Å². The van der Waals surface area contributed by atoms with Crippen molar-refractivity contribution in [3.05, 3.63) is 24.1 Å². The van der Waals surface area contributed by atoms with Crippen LogP contribution in [-0.4, -0.2) is 33.9 Å². The second-order valence-corrected chi connectivity index (χ2v) is 3.35. The molecule has 14 heavy (non-hydrogen) atoms. The Balaban J connectivity index is 2.54. The lowest BCUT2D eigenvalue weighted by molar-refractivity contribution is 0.0131. The van der Waals surface area contributed by atoms with Crippen molar-refractivity contribution < 1.29 is 14.6 Å². The zero-order valence-electron chi connectivity index (χ0n) is 7.87. The standard InChI is InChI=1S/C9H13FN2O2/c1-9(14,6-13)5-11-8-4-2-3-7(10)12-8/h2-4,13-14H,5-6H2,1H3,(H,11,12). The second kappa shape index (κ2) is 4.34. The van der Waals surface area contributed by atoms with Crippen molar-refractivity contribution in [1.29, 1.82) is 0 Å². The van der Waals surface area contributed by atoms with Crippen LogP contribution in [0, 0.1) is 5.95 Å². The number of rotatable bonds is 4. The number of halogens is 1. The summed E-state index contributed by atoms with van der Waals surface area (Å²) >= 11 is 0. The SMILES string of the molecule is CC(O)(CO)CNc1cccc(F)n1. The molecule has 0 aliphatic carbocycles. The minimum absolute atomic E-state index is 0.111. The summed E-state index contributed by atoms with van der Waals surface area (Å²) in [6, 6.07) is 4.32. The summed E-state index contributed by atoms with van der Waals surface area (Å²) < 4.78 is 12.6. The number of nitrogens with zero attached hydrogens (tertiary/aromatic N) is 1. The van der Waals surface area contributed by atoms with Crippen LogP contribution in [0.3, 0.4) is 0 Å². The molecule has 1 aromatic heterocycles. The minimum Gasteiger partial charge on any atom is -0.393 e. The van der Waals surface area contributed by atoms with Gasteiger partial charge in [0.25, 0.3) is 0 Å². The van der Waals surface area contributed by atoms with E-state index in [1.54, 1.807) is 6.07 Å². The van der Waals surface area contributed by atoms with Gasteiger partial charge in [-0.05, 0) is 19.1 Å². The first-order valence-electron chi connectivity index (χ1n) is 4.23. The molecule has 0 amide bonds. The Hall–Kier alpha value is -1.20. The Labute approximate surface area is 81.4 Å². The smallest absolute Gasteiger partial charge is 0.214 e. The summed E-state index contributed by atoms with van der Waals surface area (Å²) in [7, 11) is 0. The molecule has 5 heteroatoms. The fourth-order valence-corrected chi connectivity index (χ4v) is 0.844. The Bertz CT molecular complexity index is 305. The average Bonchev–Trinajstić information content (AvgIpc) is 2.15. The van der Waals surface area contributed by atoms with Crippen LogP contribution in [0.25, 0.3) is 0 Å². The maximum Gasteiger partial charge on any atom is 0.214 e. The predicted octanol–water partition coefficient (Wildman–Crippen LogP) is 0.376. The van der Waals surface area contributed by atoms with Gasteiger partial charge in [-0.1, -0.05) is 6.07 Å². The van der Waals surface area contributed by atoms with Crippen molar-refractivity contribution in [3.8, 4) is 0 Å². The van der Waals surface area contributed by atoms with E-state index in [-0.39, 0.29) is 13.2 Å². The van der Waals surface area contributed by atoms with Crippen molar-refractivity contribution in [1.82, 2.24) is 4.98 Å². The molecule has 4 nitrogen and oxygen atoms in total. The van der Waals surface area contributed by atoms with E-state index in [4.69, 9.17) is 5.11 Å². The molecule has 0 fully saturated rings. The van der Waals surface area contributed by atoms with Gasteiger partial charge in [0.1, 0.15) is 11.4 Å². The molecule has 1 heterocycles. The van der Waals surface area contributed by atoms with Crippen molar-refractivity contribution in [2.24, 2.45) is 0 Å². The van der Waals surface area contributed by atoms with E-state index in [1.807, 2.05) is 0 Å². The van der Waals surface area contributed by atoms with Crippen molar-refractivity contribution in [2.75, 3.05) is 18.5 Å². The molecule has 0 saturated heterocycles. The fourth-order valence-electron chi connectivity index (χ4n) is 0.844. The van der Waals surface area contributed by atoms with Gasteiger partial charge in [-0.2, -0.15) is 4.39 Å². The average molecular weight is 200 g/mol. The normalized spacial score (nSPS) is 14.9. The first-order valence-corrected chi connectivity index (χ1v) is 4.23. The zero-order chi connectivity index (χ0) is 10.6. The van der Waals surface area contributed by atoms with Crippen LogP contribution in [-0.2, 0) is 0 Å². The molecule has 3 N–H and O–H groups in total. The van der Waals surface area contributed by atoms with Crippen LogP contribution in [0.15, 0.2) is 18.2 Å². The number of hydrogen-bond donors (Lipinski definition) is 3. The van der Waals surface area contributed by atoms with E-state index in [2.05, 4.69) is 10.3 Å². The Morgan fingerprint density at radius 2 is 2.29 bits per heavy atom. The Morgan fingerprint density at radius 3 is 2.86 bits per heavy atom. The number of aliphatic hydroxyl groups is 2. The lowest BCUT2D eigenvalue weighted by Crippen LogP contribution is -2.37. The van der Waals surface area contributed by atoms with Gasteiger partial charge in [-0.25, -0.2) is 4.98 Å². The molecule has 0 aromatic carbocycles. The number of anilines is 1. The predicted molar refractivity (Wildman–Crippen MR) is 50.4 cm³/mol. The Morgan fingerprint density at radius 1 is 1.57 bits per heavy atom. The van der Waals surface area contributed by atoms with Gasteiger partial charge < -0.3 is 15.5 Å². The number of pyridine rings is 1. The summed E-state index contributed by atoms with van der Waals surface area (Å²) in [5, 5.41) is 20.9. The van der Waals surface area contributed by atoms with E-state index in [1.165, 1.54) is 19.1 Å². The maximum atomic E-state index is 12.6. The van der Waals surface area contributed by atoms with Gasteiger partial charge in [0.15, 0.2) is 0 Å². The minimum atomic E-state index is -1.23. The number of nitrogens with one attached hydrogen (secondary N) is 1. The molecule has 0 bridgehead atoms. The summed E-state index contributed by atoms with van der Waals surface area (Å²) in [5.41, 5.74) is -1.23. The molecule has 1 unspecified atom stereocenters. The molecular formula is C9H13FN2O2. The highest BCUT2D eigenvalue weighted by atomic mass is 19.1. The lowest BCUT2D eigenvalue weighted by atomic mass is 10.1. The molecule has 78 valence electrons. The number of aliphatic hydroxyl groups excluding tert-OH is 1. The van der Waals surface area contributed by atoms with Crippen LogP contribution in [0.1, 0.15) is 6.92 Å². The van der Waals surface area contributed by atoms with Gasteiger partial charge in [0, 0.05) is 6.54 Å². The van der Waals surface area contributed by atoms with Gasteiger partial charge in [0.05, 0.1) is 6.61 Å². The fraction of sp³-hybridized carbons (Fsp3) is 0.444. The van der Waals surface area contributed by atoms with Crippen molar-refractivity contribution in [2.45, 2.75) is 12.5 Å². The highest BCUT2D eigenvalue weighted by Crippen LogP contribution is 2.07. The monoisotopic (exact) mass is 200 g/mol. The second-order valence-electron chi connectivity index (χ2n) is 3.35. The van der Waals surface area contributed by atoms with Crippen molar-refractivity contribution in [3.63, 3.8) is 0 Å². The number of aromatic nitrogens is 1. The van der Waals surface area contributed by atoms with E-state index >= 15 is 0 Å². The molecular weight excluding hydrogens is 187 g/mol. The third kappa shape index (κ3) is 3.27. The van der Waals surface area contributed by atoms with E-state index in [9.17, 15) is 9.50 Å². The largest absolute Gasteiger partial charge is 0.393 e. The summed E-state index contributed by atoms with van der Waals surface area (Å²) in [5.74, 6) is -0.252. The highest BCUT2D eigenvalue weighted by Gasteiger charge is 2.18. The van der Waals surface area contributed by atoms with Gasteiger partial charge in [-0.3, -0.25) is 0 Å². The molecule has 1 aromatic rings. The van der Waals surface area contributed by atoms with Crippen LogP contribution in [0.2, 0.25) is 0 Å². The third-order valence-electron chi connectivity index (χ3n) is 1.71. The summed E-state index contributed by atoms with van der Waals surface area (Å²) in [6.07, 6.45) is 0. The summed E-state index contributed by atoms with van der Waals surface area (Å²) in [4.78, 5) is 3.54. The first-order chi connectivity index (χ1) is 6.53. The first kappa shape index (κ1) is 10.9. The van der Waals surface area contributed by atoms with Crippen LogP contribution in [0.4, 0.5) is 10.2 Å². The molecule has 0 saturated carbocycles. The lowest BCUT2D eigenvalue weighted by Gasteiger charge is -2.20. The van der Waals surface area contributed by atoms with Gasteiger partial charge in [0.2, 0.25) is 5.95 Å². The Kier molecular flexibility index (Phi) is 3.38. The van der Waals surface area contributed by atoms with Gasteiger partial charge in [-0.15, -0.1) is 0 Å². The molecule has 1 rings (SSSR count). The van der Waals surface area contributed by atoms with Gasteiger partial charge >= 0.3 is 0 Å². The molecule has 0 aliphatic heterocycles. The van der Waals surface area contributed by atoms with Crippen LogP contribution < -0.4 is 5.32 Å². The van der Waals surface area contributed by atoms with E-state index in [0.29, 0.717) is 5.82 Å². The molecule has 1 atom stereocenters. The quantitative estimate of drug-likeness (QED) is 0.615. The van der Waals surface area contributed by atoms with E-state index in [0.717, 1.165) is 0 Å². The molecule has 0 radical (unpaired) electrons. The molecule has 0 aliphatic rings. The molecule has 0 spiro atoms. The van der Waals surface area contributed by atoms with E-state index < -0.39 is 11.5 Å². The highest BCUT2D eigenvalue weighted by molar-refractivity contribution is 5.33. The third-order valence-corrected chi connectivity index (χ3v) is 1.71. The van der Waals surface area contributed by atoms with Crippen molar-refractivity contribution >= 4 is 5.82 Å². The van der Waals surface area contributed by atoms with Crippen LogP contribution in [0.5, 0.6) is 0 Å². The topological polar surface area (TPSA) is 65.4 Å². The maximum absolute atomic E-state index is 12.6. The summed E-state index contributed by atoms with van der Waals surface area (Å²) in [6.45, 7) is 1.22.